The van der Waals surface area contributed by atoms with Crippen molar-refractivity contribution in [3.63, 3.8) is 0 Å². The van der Waals surface area contributed by atoms with Crippen molar-refractivity contribution in [2.75, 3.05) is 36.7 Å². The number of Topliss-reactive ketones (excluding diaryl/α,β-unsaturated/α-hetero) is 1. The van der Waals surface area contributed by atoms with Crippen molar-refractivity contribution in [3.05, 3.63) is 78.0 Å². The monoisotopic (exact) mass is 497 g/mol. The number of rotatable bonds is 7. The standard InChI is InChI=1S/C29H31N5O3/c1-29(2,3)18-11-14-24(37-6)23(17-18)32-27(36)26(35)21-12-13-22(20-10-8-7-9-19(20)21)31-25-15-16-30-28(33-25)34(4)5/h7-17H,1-6H3,(H,32,36)(H,30,31,33). The van der Waals surface area contributed by atoms with E-state index in [2.05, 4.69) is 41.4 Å². The first-order valence-electron chi connectivity index (χ1n) is 11.9. The number of nitrogens with one attached hydrogen (secondary N) is 2. The number of aromatic nitrogens is 2. The second-order valence-corrected chi connectivity index (χ2v) is 9.92. The summed E-state index contributed by atoms with van der Waals surface area (Å²) in [4.78, 5) is 37.0. The van der Waals surface area contributed by atoms with Gasteiger partial charge in [0.15, 0.2) is 0 Å². The highest BCUT2D eigenvalue weighted by atomic mass is 16.5. The molecule has 3 aromatic carbocycles. The Hall–Kier alpha value is -4.46. The maximum absolute atomic E-state index is 13.3. The van der Waals surface area contributed by atoms with Crippen molar-refractivity contribution < 1.29 is 14.3 Å². The summed E-state index contributed by atoms with van der Waals surface area (Å²) in [7, 11) is 5.27. The van der Waals surface area contributed by atoms with Gasteiger partial charge in [-0.1, -0.05) is 51.1 Å². The third kappa shape index (κ3) is 5.53. The summed E-state index contributed by atoms with van der Waals surface area (Å²) >= 11 is 0. The summed E-state index contributed by atoms with van der Waals surface area (Å²) in [6, 6.07) is 18.3. The number of hydrogen-bond acceptors (Lipinski definition) is 7. The molecule has 0 atom stereocenters. The molecule has 0 radical (unpaired) electrons. The van der Waals surface area contributed by atoms with Crippen LogP contribution in [0.1, 0.15) is 36.7 Å². The van der Waals surface area contributed by atoms with Crippen LogP contribution < -0.4 is 20.3 Å². The van der Waals surface area contributed by atoms with E-state index in [1.165, 1.54) is 7.11 Å². The van der Waals surface area contributed by atoms with Gasteiger partial charge in [-0.15, -0.1) is 0 Å². The summed E-state index contributed by atoms with van der Waals surface area (Å²) in [5.74, 6) is 0.306. The zero-order valence-electron chi connectivity index (χ0n) is 21.9. The normalized spacial score (nSPS) is 11.2. The molecule has 1 amide bonds. The van der Waals surface area contributed by atoms with Gasteiger partial charge in [0.2, 0.25) is 5.95 Å². The fourth-order valence-corrected chi connectivity index (χ4v) is 3.95. The minimum atomic E-state index is -0.735. The lowest BCUT2D eigenvalue weighted by atomic mass is 9.87. The number of amides is 1. The SMILES string of the molecule is COc1ccc(C(C)(C)C)cc1NC(=O)C(=O)c1ccc(Nc2ccnc(N(C)C)n2)c2ccccc12. The third-order valence-electron chi connectivity index (χ3n) is 5.99. The predicted octanol–water partition coefficient (Wildman–Crippen LogP) is 5.57. The largest absolute Gasteiger partial charge is 0.495 e. The van der Waals surface area contributed by atoms with Gasteiger partial charge in [-0.25, -0.2) is 4.98 Å². The molecular formula is C29H31N5O3. The summed E-state index contributed by atoms with van der Waals surface area (Å²) in [6.45, 7) is 6.24. The molecule has 0 aliphatic carbocycles. The fraction of sp³-hybridized carbons (Fsp3) is 0.241. The van der Waals surface area contributed by atoms with Crippen LogP contribution in [0.4, 0.5) is 23.1 Å². The quantitative estimate of drug-likeness (QED) is 0.255. The lowest BCUT2D eigenvalue weighted by molar-refractivity contribution is -0.112. The molecule has 1 heterocycles. The first kappa shape index (κ1) is 25.6. The Morgan fingerprint density at radius 2 is 1.65 bits per heavy atom. The van der Waals surface area contributed by atoms with Gasteiger partial charge >= 0.3 is 0 Å². The van der Waals surface area contributed by atoms with Crippen LogP contribution in [0.15, 0.2) is 66.9 Å². The minimum absolute atomic E-state index is 0.133. The fourth-order valence-electron chi connectivity index (χ4n) is 3.95. The molecule has 8 nitrogen and oxygen atoms in total. The van der Waals surface area contributed by atoms with Crippen LogP contribution in [0.2, 0.25) is 0 Å². The first-order chi connectivity index (χ1) is 17.6. The van der Waals surface area contributed by atoms with Gasteiger partial charge in [-0.2, -0.15) is 4.98 Å². The van der Waals surface area contributed by atoms with Gasteiger partial charge in [0.05, 0.1) is 12.8 Å². The summed E-state index contributed by atoms with van der Waals surface area (Å²) in [5.41, 5.74) is 2.40. The molecule has 0 aliphatic rings. The van der Waals surface area contributed by atoms with Crippen LogP contribution in [-0.2, 0) is 10.2 Å². The van der Waals surface area contributed by atoms with E-state index in [0.29, 0.717) is 34.2 Å². The van der Waals surface area contributed by atoms with Gasteiger partial charge in [0.1, 0.15) is 11.6 Å². The van der Waals surface area contributed by atoms with Crippen LogP contribution in [0, 0.1) is 0 Å². The van der Waals surface area contributed by atoms with E-state index < -0.39 is 11.7 Å². The van der Waals surface area contributed by atoms with Crippen LogP contribution >= 0.6 is 0 Å². The maximum Gasteiger partial charge on any atom is 0.296 e. The van der Waals surface area contributed by atoms with E-state index in [1.807, 2.05) is 55.4 Å². The van der Waals surface area contributed by atoms with Crippen LogP contribution in [0.5, 0.6) is 5.75 Å². The Labute approximate surface area is 216 Å². The van der Waals surface area contributed by atoms with Crippen molar-refractivity contribution in [1.29, 1.82) is 0 Å². The molecule has 0 bridgehead atoms. The molecular weight excluding hydrogens is 466 g/mol. The number of fused-ring (bicyclic) bond motifs is 1. The average molecular weight is 498 g/mol. The molecule has 4 rings (SSSR count). The highest BCUT2D eigenvalue weighted by Crippen LogP contribution is 2.33. The Morgan fingerprint density at radius 3 is 2.32 bits per heavy atom. The Kier molecular flexibility index (Phi) is 7.11. The minimum Gasteiger partial charge on any atom is -0.495 e. The lowest BCUT2D eigenvalue weighted by Crippen LogP contribution is -2.24. The van der Waals surface area contributed by atoms with Crippen molar-refractivity contribution in [3.8, 4) is 5.75 Å². The third-order valence-corrected chi connectivity index (χ3v) is 5.99. The smallest absolute Gasteiger partial charge is 0.296 e. The number of carbonyl (C=O) groups excluding carboxylic acids is 2. The number of benzene rings is 3. The highest BCUT2D eigenvalue weighted by Gasteiger charge is 2.23. The zero-order valence-corrected chi connectivity index (χ0v) is 21.9. The number of ketones is 1. The Bertz CT molecular complexity index is 1470. The van der Waals surface area contributed by atoms with E-state index in [9.17, 15) is 9.59 Å². The van der Waals surface area contributed by atoms with Crippen molar-refractivity contribution in [1.82, 2.24) is 9.97 Å². The number of carbonyl (C=O) groups is 2. The molecule has 0 unspecified atom stereocenters. The second kappa shape index (κ2) is 10.3. The zero-order chi connectivity index (χ0) is 26.7. The molecule has 8 heteroatoms. The second-order valence-electron chi connectivity index (χ2n) is 9.92. The predicted molar refractivity (Wildman–Crippen MR) is 148 cm³/mol. The number of methoxy groups -OCH3 is 1. The van der Waals surface area contributed by atoms with Crippen LogP contribution in [0.3, 0.4) is 0 Å². The number of anilines is 4. The van der Waals surface area contributed by atoms with Gasteiger partial charge in [0.25, 0.3) is 11.7 Å². The lowest BCUT2D eigenvalue weighted by Gasteiger charge is -2.21. The Morgan fingerprint density at radius 1 is 0.919 bits per heavy atom. The molecule has 0 saturated heterocycles. The first-order valence-corrected chi connectivity index (χ1v) is 11.9. The van der Waals surface area contributed by atoms with E-state index in [4.69, 9.17) is 4.74 Å². The summed E-state index contributed by atoms with van der Waals surface area (Å²) in [6.07, 6.45) is 1.68. The average Bonchev–Trinajstić information content (AvgIpc) is 2.88. The van der Waals surface area contributed by atoms with Gasteiger partial charge in [-0.3, -0.25) is 9.59 Å². The molecule has 190 valence electrons. The van der Waals surface area contributed by atoms with Crippen molar-refractivity contribution >= 4 is 45.6 Å². The molecule has 37 heavy (non-hydrogen) atoms. The maximum atomic E-state index is 13.3. The summed E-state index contributed by atoms with van der Waals surface area (Å²) < 4.78 is 5.42. The van der Waals surface area contributed by atoms with E-state index in [0.717, 1.165) is 16.6 Å². The van der Waals surface area contributed by atoms with Gasteiger partial charge < -0.3 is 20.3 Å². The topological polar surface area (TPSA) is 96.4 Å². The number of hydrogen-bond donors (Lipinski definition) is 2. The molecule has 0 saturated carbocycles. The Balaban J connectivity index is 1.65. The summed E-state index contributed by atoms with van der Waals surface area (Å²) in [5, 5.41) is 7.51. The van der Waals surface area contributed by atoms with Gasteiger partial charge in [0, 0.05) is 36.9 Å². The van der Waals surface area contributed by atoms with E-state index in [1.54, 1.807) is 30.5 Å². The molecule has 2 N–H and O–H groups in total. The molecule has 0 aliphatic heterocycles. The highest BCUT2D eigenvalue weighted by molar-refractivity contribution is 6.48. The molecule has 1 aromatic heterocycles. The van der Waals surface area contributed by atoms with Crippen LogP contribution in [0.25, 0.3) is 10.8 Å². The number of ether oxygens (including phenoxy) is 1. The number of nitrogens with zero attached hydrogens (tertiary/aromatic N) is 3. The van der Waals surface area contributed by atoms with E-state index >= 15 is 0 Å². The van der Waals surface area contributed by atoms with E-state index in [-0.39, 0.29) is 5.41 Å². The van der Waals surface area contributed by atoms with Crippen molar-refractivity contribution in [2.45, 2.75) is 26.2 Å². The van der Waals surface area contributed by atoms with Gasteiger partial charge in [-0.05, 0) is 46.7 Å². The molecule has 0 spiro atoms. The molecule has 0 fully saturated rings. The van der Waals surface area contributed by atoms with Crippen LogP contribution in [-0.4, -0.2) is 42.9 Å². The molecule has 4 aromatic rings. The van der Waals surface area contributed by atoms with Crippen molar-refractivity contribution in [2.24, 2.45) is 0 Å².